The Kier molecular flexibility index (Phi) is 7.29. The van der Waals surface area contributed by atoms with Gasteiger partial charge in [0.1, 0.15) is 12.1 Å². The van der Waals surface area contributed by atoms with E-state index >= 15 is 0 Å². The number of ether oxygens (including phenoxy) is 1. The summed E-state index contributed by atoms with van der Waals surface area (Å²) in [5.41, 5.74) is 0.690. The molecule has 6 nitrogen and oxygen atoms in total. The van der Waals surface area contributed by atoms with Crippen LogP contribution in [0.15, 0.2) is 53.3 Å². The Morgan fingerprint density at radius 2 is 2.19 bits per heavy atom. The zero-order valence-corrected chi connectivity index (χ0v) is 16.8. The molecule has 0 spiro atoms. The molecule has 0 bridgehead atoms. The highest BCUT2D eigenvalue weighted by Crippen LogP contribution is 2.24. The third kappa shape index (κ3) is 5.83. The van der Waals surface area contributed by atoms with Gasteiger partial charge < -0.3 is 14.6 Å². The summed E-state index contributed by atoms with van der Waals surface area (Å²) in [7, 11) is 0. The van der Waals surface area contributed by atoms with Gasteiger partial charge in [0.25, 0.3) is 0 Å². The number of carbonyl (C=O) groups is 1. The number of benzene rings is 1. The standard InChI is InChI=1S/C19H22N4O2S2/c1-2-11-25-17-8-4-3-7-16(17)21-18(24)13-27-19-22-20-14-23(19)10-9-15-6-5-12-26-15/h3-8,12,14H,2,9-11,13H2,1H3,(H,21,24). The van der Waals surface area contributed by atoms with Gasteiger partial charge in [-0.1, -0.05) is 36.9 Å². The lowest BCUT2D eigenvalue weighted by Gasteiger charge is -2.11. The van der Waals surface area contributed by atoms with E-state index in [1.165, 1.54) is 16.6 Å². The summed E-state index contributed by atoms with van der Waals surface area (Å²) in [6.07, 6.45) is 3.55. The van der Waals surface area contributed by atoms with E-state index in [-0.39, 0.29) is 11.7 Å². The molecule has 142 valence electrons. The van der Waals surface area contributed by atoms with Crippen molar-refractivity contribution in [1.82, 2.24) is 14.8 Å². The van der Waals surface area contributed by atoms with Crippen LogP contribution in [0.4, 0.5) is 5.69 Å². The van der Waals surface area contributed by atoms with Gasteiger partial charge in [-0.3, -0.25) is 4.79 Å². The minimum absolute atomic E-state index is 0.0969. The second-order valence-corrected chi connectivity index (χ2v) is 7.79. The predicted molar refractivity (Wildman–Crippen MR) is 110 cm³/mol. The van der Waals surface area contributed by atoms with Gasteiger partial charge >= 0.3 is 0 Å². The Labute approximate surface area is 167 Å². The molecule has 2 heterocycles. The fourth-order valence-electron chi connectivity index (χ4n) is 2.42. The quantitative estimate of drug-likeness (QED) is 0.517. The van der Waals surface area contributed by atoms with Crippen molar-refractivity contribution < 1.29 is 9.53 Å². The summed E-state index contributed by atoms with van der Waals surface area (Å²) in [4.78, 5) is 13.7. The number of aromatic nitrogens is 3. The van der Waals surface area contributed by atoms with Crippen molar-refractivity contribution in [1.29, 1.82) is 0 Å². The number of nitrogens with one attached hydrogen (secondary N) is 1. The van der Waals surface area contributed by atoms with E-state index in [0.717, 1.165) is 24.5 Å². The largest absolute Gasteiger partial charge is 0.491 e. The molecule has 3 aromatic rings. The van der Waals surface area contributed by atoms with Crippen molar-refractivity contribution >= 4 is 34.7 Å². The first kappa shape index (κ1) is 19.4. The molecule has 0 aliphatic carbocycles. The van der Waals surface area contributed by atoms with Crippen molar-refractivity contribution in [2.45, 2.75) is 31.5 Å². The zero-order chi connectivity index (χ0) is 18.9. The normalized spacial score (nSPS) is 10.7. The number of hydrogen-bond donors (Lipinski definition) is 1. The molecular weight excluding hydrogens is 380 g/mol. The van der Waals surface area contributed by atoms with Crippen LogP contribution in [0.25, 0.3) is 0 Å². The van der Waals surface area contributed by atoms with Crippen molar-refractivity contribution in [3.8, 4) is 5.75 Å². The van der Waals surface area contributed by atoms with E-state index < -0.39 is 0 Å². The molecule has 0 radical (unpaired) electrons. The lowest BCUT2D eigenvalue weighted by atomic mass is 10.3. The molecule has 2 aromatic heterocycles. The Balaban J connectivity index is 1.52. The van der Waals surface area contributed by atoms with Gasteiger partial charge in [0, 0.05) is 11.4 Å². The molecule has 0 fully saturated rings. The zero-order valence-electron chi connectivity index (χ0n) is 15.1. The molecule has 0 atom stereocenters. The van der Waals surface area contributed by atoms with Gasteiger partial charge in [-0.25, -0.2) is 0 Å². The van der Waals surface area contributed by atoms with Gasteiger partial charge in [0.05, 0.1) is 18.0 Å². The van der Waals surface area contributed by atoms with Crippen molar-refractivity contribution in [2.75, 3.05) is 17.7 Å². The van der Waals surface area contributed by atoms with Crippen LogP contribution in [0.3, 0.4) is 0 Å². The average molecular weight is 403 g/mol. The second-order valence-electron chi connectivity index (χ2n) is 5.82. The van der Waals surface area contributed by atoms with Crippen LogP contribution in [-0.2, 0) is 17.8 Å². The van der Waals surface area contributed by atoms with Crippen LogP contribution in [0.2, 0.25) is 0 Å². The average Bonchev–Trinajstić information content (AvgIpc) is 3.35. The third-order valence-corrected chi connectivity index (χ3v) is 5.63. The summed E-state index contributed by atoms with van der Waals surface area (Å²) >= 11 is 3.12. The predicted octanol–water partition coefficient (Wildman–Crippen LogP) is 4.10. The van der Waals surface area contributed by atoms with Crippen LogP contribution in [0.5, 0.6) is 5.75 Å². The number of amides is 1. The minimum Gasteiger partial charge on any atom is -0.491 e. The third-order valence-electron chi connectivity index (χ3n) is 3.71. The molecule has 0 aliphatic rings. The summed E-state index contributed by atoms with van der Waals surface area (Å²) in [6, 6.07) is 11.6. The first-order valence-corrected chi connectivity index (χ1v) is 10.7. The van der Waals surface area contributed by atoms with Gasteiger partial charge in [-0.15, -0.1) is 21.5 Å². The van der Waals surface area contributed by atoms with Crippen molar-refractivity contribution in [2.24, 2.45) is 0 Å². The maximum atomic E-state index is 12.3. The number of thiophene rings is 1. The molecule has 0 saturated carbocycles. The maximum Gasteiger partial charge on any atom is 0.234 e. The van der Waals surface area contributed by atoms with Gasteiger partial charge in [0.2, 0.25) is 5.91 Å². The second kappa shape index (κ2) is 10.1. The van der Waals surface area contributed by atoms with Crippen LogP contribution >= 0.6 is 23.1 Å². The van der Waals surface area contributed by atoms with E-state index in [1.807, 2.05) is 41.8 Å². The lowest BCUT2D eigenvalue weighted by molar-refractivity contribution is -0.113. The smallest absolute Gasteiger partial charge is 0.234 e. The molecular formula is C19H22N4O2S2. The first-order chi connectivity index (χ1) is 13.3. The number of anilines is 1. The number of nitrogens with zero attached hydrogens (tertiary/aromatic N) is 3. The Hall–Kier alpha value is -2.32. The van der Waals surface area contributed by atoms with Crippen molar-refractivity contribution in [3.63, 3.8) is 0 Å². The summed E-state index contributed by atoms with van der Waals surface area (Å²) in [5, 5.41) is 13.8. The number of carbonyl (C=O) groups excluding carboxylic acids is 1. The number of hydrogen-bond acceptors (Lipinski definition) is 6. The van der Waals surface area contributed by atoms with Crippen molar-refractivity contribution in [3.05, 3.63) is 53.0 Å². The first-order valence-electron chi connectivity index (χ1n) is 8.81. The number of aryl methyl sites for hydroxylation is 2. The van der Waals surface area contributed by atoms with Crippen LogP contribution in [0.1, 0.15) is 18.2 Å². The van der Waals surface area contributed by atoms with E-state index in [9.17, 15) is 4.79 Å². The molecule has 27 heavy (non-hydrogen) atoms. The number of para-hydroxylation sites is 2. The molecule has 0 saturated heterocycles. The van der Waals surface area contributed by atoms with E-state index in [2.05, 4.69) is 27.0 Å². The van der Waals surface area contributed by atoms with Gasteiger partial charge in [-0.05, 0) is 36.4 Å². The van der Waals surface area contributed by atoms with Crippen LogP contribution in [-0.4, -0.2) is 33.0 Å². The topological polar surface area (TPSA) is 69.0 Å². The molecule has 8 heteroatoms. The molecule has 1 amide bonds. The van der Waals surface area contributed by atoms with E-state index in [1.54, 1.807) is 17.7 Å². The van der Waals surface area contributed by atoms with Gasteiger partial charge in [0.15, 0.2) is 5.16 Å². The fourth-order valence-corrected chi connectivity index (χ4v) is 3.86. The molecule has 1 N–H and O–H groups in total. The SMILES string of the molecule is CCCOc1ccccc1NC(=O)CSc1nncn1CCc1cccs1. The van der Waals surface area contributed by atoms with Crippen LogP contribution < -0.4 is 10.1 Å². The molecule has 0 aliphatic heterocycles. The fraction of sp³-hybridized carbons (Fsp3) is 0.316. The molecule has 3 rings (SSSR count). The monoisotopic (exact) mass is 402 g/mol. The highest BCUT2D eigenvalue weighted by molar-refractivity contribution is 7.99. The summed E-state index contributed by atoms with van der Waals surface area (Å²) in [5.74, 6) is 0.858. The number of rotatable bonds is 10. The Morgan fingerprint density at radius 1 is 1.30 bits per heavy atom. The summed E-state index contributed by atoms with van der Waals surface area (Å²) < 4.78 is 7.66. The van der Waals surface area contributed by atoms with E-state index in [0.29, 0.717) is 18.0 Å². The minimum atomic E-state index is -0.0969. The highest BCUT2D eigenvalue weighted by atomic mass is 32.2. The lowest BCUT2D eigenvalue weighted by Crippen LogP contribution is -2.15. The Bertz CT molecular complexity index is 849. The highest BCUT2D eigenvalue weighted by Gasteiger charge is 2.11. The van der Waals surface area contributed by atoms with Gasteiger partial charge in [-0.2, -0.15) is 0 Å². The van der Waals surface area contributed by atoms with E-state index in [4.69, 9.17) is 4.74 Å². The Morgan fingerprint density at radius 3 is 3.00 bits per heavy atom. The molecule has 1 aromatic carbocycles. The summed E-state index contributed by atoms with van der Waals surface area (Å²) in [6.45, 7) is 3.46. The number of thioether (sulfide) groups is 1. The maximum absolute atomic E-state index is 12.3. The molecule has 0 unspecified atom stereocenters. The van der Waals surface area contributed by atoms with Crippen LogP contribution in [0, 0.1) is 0 Å².